The summed E-state index contributed by atoms with van der Waals surface area (Å²) in [6.45, 7) is 2.12. The summed E-state index contributed by atoms with van der Waals surface area (Å²) < 4.78 is 13.0. The number of aliphatic hydroxyl groups is 1. The van der Waals surface area contributed by atoms with Crippen LogP contribution in [0.25, 0.3) is 0 Å². The highest BCUT2D eigenvalue weighted by Crippen LogP contribution is 2.48. The molecular formula is C14H17BrO3. The van der Waals surface area contributed by atoms with E-state index in [0.717, 1.165) is 47.2 Å². The molecule has 0 amide bonds. The van der Waals surface area contributed by atoms with Crippen LogP contribution in [0.5, 0.6) is 11.5 Å². The number of hydrogen-bond acceptors (Lipinski definition) is 3. The minimum atomic E-state index is -0.414. The van der Waals surface area contributed by atoms with E-state index in [1.807, 2.05) is 19.1 Å². The number of halogens is 1. The zero-order valence-corrected chi connectivity index (χ0v) is 12.0. The average molecular weight is 313 g/mol. The van der Waals surface area contributed by atoms with Crippen LogP contribution in [-0.4, -0.2) is 17.5 Å². The van der Waals surface area contributed by atoms with Gasteiger partial charge in [-0.05, 0) is 30.5 Å². The van der Waals surface area contributed by atoms with Gasteiger partial charge in [-0.3, -0.25) is 0 Å². The summed E-state index contributed by atoms with van der Waals surface area (Å²) in [6.07, 6.45) is 4.25. The largest absolute Gasteiger partial charge is 0.448 e. The topological polar surface area (TPSA) is 38.7 Å². The van der Waals surface area contributed by atoms with E-state index in [0.29, 0.717) is 0 Å². The molecule has 1 N–H and O–H groups in total. The molecule has 1 aliphatic carbocycles. The van der Waals surface area contributed by atoms with E-state index in [-0.39, 0.29) is 12.5 Å². The van der Waals surface area contributed by atoms with Crippen LogP contribution >= 0.6 is 15.9 Å². The number of rotatable bonds is 2. The minimum absolute atomic E-state index is 0.0911. The molecular weight excluding hydrogens is 296 g/mol. The molecule has 0 radical (unpaired) electrons. The Morgan fingerprint density at radius 3 is 2.50 bits per heavy atom. The zero-order valence-electron chi connectivity index (χ0n) is 10.4. The van der Waals surface area contributed by atoms with E-state index in [1.165, 1.54) is 0 Å². The second-order valence-corrected chi connectivity index (χ2v) is 6.08. The Kier molecular flexibility index (Phi) is 3.02. The van der Waals surface area contributed by atoms with E-state index in [1.54, 1.807) is 0 Å². The molecule has 4 heteroatoms. The van der Waals surface area contributed by atoms with Gasteiger partial charge < -0.3 is 14.6 Å². The van der Waals surface area contributed by atoms with Gasteiger partial charge >= 0.3 is 0 Å². The standard InChI is InChI=1S/C14H17BrO3/c1-9(8-16)10-6-12-13(7-11(10)15)18-14(17-12)4-2-3-5-14/h6-7,9,16H,2-5,8H2,1H3. The summed E-state index contributed by atoms with van der Waals surface area (Å²) in [5.74, 6) is 1.31. The highest BCUT2D eigenvalue weighted by Gasteiger charge is 2.44. The fourth-order valence-corrected chi connectivity index (χ4v) is 3.44. The summed E-state index contributed by atoms with van der Waals surface area (Å²) in [4.78, 5) is 0. The third-order valence-electron chi connectivity index (χ3n) is 3.83. The first-order valence-electron chi connectivity index (χ1n) is 6.46. The van der Waals surface area contributed by atoms with Crippen molar-refractivity contribution in [3.63, 3.8) is 0 Å². The predicted molar refractivity (Wildman–Crippen MR) is 72.1 cm³/mol. The molecule has 0 bridgehead atoms. The second kappa shape index (κ2) is 4.42. The maximum absolute atomic E-state index is 9.27. The van der Waals surface area contributed by atoms with Crippen LogP contribution in [0.15, 0.2) is 16.6 Å². The summed E-state index contributed by atoms with van der Waals surface area (Å²) in [7, 11) is 0. The first-order chi connectivity index (χ1) is 8.63. The Morgan fingerprint density at radius 2 is 1.89 bits per heavy atom. The SMILES string of the molecule is CC(CO)c1cc2c(cc1Br)OC1(CCCC1)O2. The molecule has 0 saturated heterocycles. The molecule has 18 heavy (non-hydrogen) atoms. The lowest BCUT2D eigenvalue weighted by Gasteiger charge is -2.21. The lowest BCUT2D eigenvalue weighted by Crippen LogP contribution is -2.34. The number of fused-ring (bicyclic) bond motifs is 1. The molecule has 3 rings (SSSR count). The second-order valence-electron chi connectivity index (χ2n) is 5.23. The van der Waals surface area contributed by atoms with Gasteiger partial charge in [0.05, 0.1) is 0 Å². The first-order valence-corrected chi connectivity index (χ1v) is 7.25. The van der Waals surface area contributed by atoms with Gasteiger partial charge in [0.15, 0.2) is 11.5 Å². The maximum Gasteiger partial charge on any atom is 0.251 e. The lowest BCUT2D eigenvalue weighted by molar-refractivity contribution is -0.0716. The molecule has 98 valence electrons. The van der Waals surface area contributed by atoms with Gasteiger partial charge in [0.1, 0.15) is 0 Å². The van der Waals surface area contributed by atoms with Crippen LogP contribution in [-0.2, 0) is 0 Å². The van der Waals surface area contributed by atoms with Crippen molar-refractivity contribution < 1.29 is 14.6 Å². The number of aliphatic hydroxyl groups excluding tert-OH is 1. The molecule has 2 aliphatic rings. The van der Waals surface area contributed by atoms with E-state index in [9.17, 15) is 5.11 Å². The van der Waals surface area contributed by atoms with Crippen molar-refractivity contribution in [3.05, 3.63) is 22.2 Å². The Balaban J connectivity index is 1.94. The zero-order chi connectivity index (χ0) is 12.8. The van der Waals surface area contributed by atoms with Gasteiger partial charge in [0.2, 0.25) is 0 Å². The van der Waals surface area contributed by atoms with Crippen molar-refractivity contribution in [1.82, 2.24) is 0 Å². The molecule has 1 atom stereocenters. The van der Waals surface area contributed by atoms with Gasteiger partial charge in [0.25, 0.3) is 5.79 Å². The van der Waals surface area contributed by atoms with Crippen LogP contribution in [0.1, 0.15) is 44.1 Å². The van der Waals surface area contributed by atoms with E-state index >= 15 is 0 Å². The summed E-state index contributed by atoms with van der Waals surface area (Å²) >= 11 is 3.54. The van der Waals surface area contributed by atoms with Gasteiger partial charge in [-0.2, -0.15) is 0 Å². The summed E-state index contributed by atoms with van der Waals surface area (Å²) in [6, 6.07) is 3.96. The monoisotopic (exact) mass is 312 g/mol. The number of ether oxygens (including phenoxy) is 2. The van der Waals surface area contributed by atoms with E-state index in [2.05, 4.69) is 15.9 Å². The van der Waals surface area contributed by atoms with Crippen molar-refractivity contribution in [3.8, 4) is 11.5 Å². The van der Waals surface area contributed by atoms with Gasteiger partial charge in [-0.25, -0.2) is 0 Å². The molecule has 1 saturated carbocycles. The molecule has 1 spiro atoms. The maximum atomic E-state index is 9.27. The average Bonchev–Trinajstić information content (AvgIpc) is 2.94. The highest BCUT2D eigenvalue weighted by molar-refractivity contribution is 9.10. The Labute approximate surface area is 115 Å². The molecule has 1 fully saturated rings. The van der Waals surface area contributed by atoms with Crippen molar-refractivity contribution in [2.75, 3.05) is 6.61 Å². The lowest BCUT2D eigenvalue weighted by atomic mass is 10.0. The Bertz CT molecular complexity index is 466. The van der Waals surface area contributed by atoms with Crippen LogP contribution in [0.3, 0.4) is 0 Å². The van der Waals surface area contributed by atoms with Crippen molar-refractivity contribution in [2.45, 2.75) is 44.3 Å². The smallest absolute Gasteiger partial charge is 0.251 e. The van der Waals surface area contributed by atoms with E-state index < -0.39 is 5.79 Å². The van der Waals surface area contributed by atoms with E-state index in [4.69, 9.17) is 9.47 Å². The summed E-state index contributed by atoms with van der Waals surface area (Å²) in [5, 5.41) is 9.27. The van der Waals surface area contributed by atoms with Crippen LogP contribution in [0.2, 0.25) is 0 Å². The normalized spacial score (nSPS) is 21.5. The third kappa shape index (κ3) is 1.91. The fourth-order valence-electron chi connectivity index (χ4n) is 2.73. The number of benzene rings is 1. The highest BCUT2D eigenvalue weighted by atomic mass is 79.9. The molecule has 1 unspecified atom stereocenters. The van der Waals surface area contributed by atoms with Crippen LogP contribution < -0.4 is 9.47 Å². The molecule has 1 aromatic rings. The number of hydrogen-bond donors (Lipinski definition) is 1. The van der Waals surface area contributed by atoms with Crippen molar-refractivity contribution >= 4 is 15.9 Å². The molecule has 0 aromatic heterocycles. The van der Waals surface area contributed by atoms with Crippen LogP contribution in [0, 0.1) is 0 Å². The fraction of sp³-hybridized carbons (Fsp3) is 0.571. The van der Waals surface area contributed by atoms with Gasteiger partial charge in [0, 0.05) is 29.8 Å². The molecule has 3 nitrogen and oxygen atoms in total. The van der Waals surface area contributed by atoms with Crippen LogP contribution in [0.4, 0.5) is 0 Å². The first kappa shape index (κ1) is 12.3. The molecule has 1 aliphatic heterocycles. The Hall–Kier alpha value is -0.740. The summed E-state index contributed by atoms with van der Waals surface area (Å²) in [5.41, 5.74) is 1.06. The van der Waals surface area contributed by atoms with Gasteiger partial charge in [-0.15, -0.1) is 0 Å². The molecule has 1 aromatic carbocycles. The molecule has 1 heterocycles. The van der Waals surface area contributed by atoms with Crippen molar-refractivity contribution in [2.24, 2.45) is 0 Å². The van der Waals surface area contributed by atoms with Crippen molar-refractivity contribution in [1.29, 1.82) is 0 Å². The Morgan fingerprint density at radius 1 is 1.28 bits per heavy atom. The quantitative estimate of drug-likeness (QED) is 0.907. The predicted octanol–water partition coefficient (Wildman–Crippen LogP) is 3.59. The third-order valence-corrected chi connectivity index (χ3v) is 4.51. The minimum Gasteiger partial charge on any atom is -0.448 e. The van der Waals surface area contributed by atoms with Gasteiger partial charge in [-0.1, -0.05) is 22.9 Å².